The van der Waals surface area contributed by atoms with Crippen LogP contribution >= 0.6 is 23.6 Å². The van der Waals surface area contributed by atoms with E-state index in [4.69, 9.17) is 18.0 Å². The first-order chi connectivity index (χ1) is 7.11. The Morgan fingerprint density at radius 1 is 1.67 bits per heavy atom. The molecule has 1 aromatic heterocycles. The van der Waals surface area contributed by atoms with E-state index in [0.29, 0.717) is 11.5 Å². The molecule has 0 aliphatic heterocycles. The first kappa shape index (κ1) is 12.5. The first-order valence-corrected chi connectivity index (χ1v) is 6.32. The molecule has 0 bridgehead atoms. The molecule has 0 unspecified atom stereocenters. The monoisotopic (exact) mass is 243 g/mol. The standard InChI is InChI=1S/C10H17N3S2/c1-3-4-13(6-10(11)14)5-9-7-15-8(2)12-9/h7H,3-6H2,1-2H3,(H2,11,14). The Balaban J connectivity index is 2.53. The van der Waals surface area contributed by atoms with E-state index in [2.05, 4.69) is 22.2 Å². The van der Waals surface area contributed by atoms with Gasteiger partial charge in [-0.05, 0) is 19.9 Å². The van der Waals surface area contributed by atoms with Crippen molar-refractivity contribution >= 4 is 28.5 Å². The van der Waals surface area contributed by atoms with E-state index in [9.17, 15) is 0 Å². The van der Waals surface area contributed by atoms with Crippen LogP contribution in [0.1, 0.15) is 24.0 Å². The number of thiazole rings is 1. The summed E-state index contributed by atoms with van der Waals surface area (Å²) in [6, 6.07) is 0. The number of rotatable bonds is 6. The summed E-state index contributed by atoms with van der Waals surface area (Å²) >= 11 is 6.61. The van der Waals surface area contributed by atoms with Gasteiger partial charge in [-0.1, -0.05) is 19.1 Å². The van der Waals surface area contributed by atoms with Crippen molar-refractivity contribution in [3.05, 3.63) is 16.1 Å². The van der Waals surface area contributed by atoms with Gasteiger partial charge in [0, 0.05) is 18.5 Å². The molecule has 0 spiro atoms. The maximum Gasteiger partial charge on any atom is 0.0897 e. The van der Waals surface area contributed by atoms with Gasteiger partial charge >= 0.3 is 0 Å². The number of nitrogens with zero attached hydrogens (tertiary/aromatic N) is 2. The van der Waals surface area contributed by atoms with E-state index in [1.54, 1.807) is 11.3 Å². The molecule has 0 atom stereocenters. The lowest BCUT2D eigenvalue weighted by Crippen LogP contribution is -2.33. The van der Waals surface area contributed by atoms with E-state index < -0.39 is 0 Å². The molecule has 3 nitrogen and oxygen atoms in total. The van der Waals surface area contributed by atoms with Gasteiger partial charge in [-0.3, -0.25) is 4.90 Å². The molecule has 1 heterocycles. The molecule has 15 heavy (non-hydrogen) atoms. The number of aryl methyl sites for hydroxylation is 1. The molecule has 5 heteroatoms. The van der Waals surface area contributed by atoms with Crippen LogP contribution in [0, 0.1) is 6.92 Å². The first-order valence-electron chi connectivity index (χ1n) is 5.03. The van der Waals surface area contributed by atoms with Crippen molar-refractivity contribution in [1.82, 2.24) is 9.88 Å². The average Bonchev–Trinajstić information content (AvgIpc) is 2.50. The van der Waals surface area contributed by atoms with Crippen molar-refractivity contribution in [1.29, 1.82) is 0 Å². The fourth-order valence-corrected chi connectivity index (χ4v) is 2.25. The largest absolute Gasteiger partial charge is 0.392 e. The Morgan fingerprint density at radius 3 is 2.87 bits per heavy atom. The van der Waals surface area contributed by atoms with Crippen LogP contribution in [-0.2, 0) is 6.54 Å². The van der Waals surface area contributed by atoms with Gasteiger partial charge in [-0.25, -0.2) is 4.98 Å². The van der Waals surface area contributed by atoms with Crippen molar-refractivity contribution < 1.29 is 0 Å². The van der Waals surface area contributed by atoms with Crippen LogP contribution in [0.3, 0.4) is 0 Å². The number of thiocarbonyl (C=S) groups is 1. The third-order valence-electron chi connectivity index (χ3n) is 1.97. The summed E-state index contributed by atoms with van der Waals surface area (Å²) in [7, 11) is 0. The van der Waals surface area contributed by atoms with Gasteiger partial charge in [0.1, 0.15) is 0 Å². The summed E-state index contributed by atoms with van der Waals surface area (Å²) in [5.41, 5.74) is 6.67. The fourth-order valence-electron chi connectivity index (χ4n) is 1.46. The van der Waals surface area contributed by atoms with Crippen LogP contribution in [0.5, 0.6) is 0 Å². The van der Waals surface area contributed by atoms with E-state index in [0.717, 1.165) is 30.2 Å². The lowest BCUT2D eigenvalue weighted by atomic mass is 10.3. The van der Waals surface area contributed by atoms with E-state index in [1.807, 2.05) is 6.92 Å². The minimum Gasteiger partial charge on any atom is -0.392 e. The normalized spacial score (nSPS) is 10.9. The summed E-state index contributed by atoms with van der Waals surface area (Å²) < 4.78 is 0. The summed E-state index contributed by atoms with van der Waals surface area (Å²) in [4.78, 5) is 7.22. The SMILES string of the molecule is CCCN(CC(N)=S)Cc1csc(C)n1. The van der Waals surface area contributed by atoms with Crippen LogP contribution in [0.15, 0.2) is 5.38 Å². The molecule has 0 saturated carbocycles. The molecule has 1 aromatic rings. The zero-order valence-electron chi connectivity index (χ0n) is 9.19. The van der Waals surface area contributed by atoms with Gasteiger partial charge in [0.25, 0.3) is 0 Å². The highest BCUT2D eigenvalue weighted by molar-refractivity contribution is 7.80. The number of hydrogen-bond donors (Lipinski definition) is 1. The molecule has 0 saturated heterocycles. The predicted octanol–water partition coefficient (Wildman–Crippen LogP) is 1.95. The molecule has 0 radical (unpaired) electrons. The number of nitrogens with two attached hydrogens (primary N) is 1. The third-order valence-corrected chi connectivity index (χ3v) is 2.92. The van der Waals surface area contributed by atoms with E-state index in [-0.39, 0.29) is 0 Å². The van der Waals surface area contributed by atoms with Gasteiger partial charge < -0.3 is 5.73 Å². The molecule has 1 rings (SSSR count). The molecule has 0 aliphatic rings. The lowest BCUT2D eigenvalue weighted by Gasteiger charge is -2.19. The van der Waals surface area contributed by atoms with Gasteiger partial charge in [-0.15, -0.1) is 11.3 Å². The molecule has 0 aliphatic carbocycles. The summed E-state index contributed by atoms with van der Waals surface area (Å²) in [5, 5.41) is 3.20. The Morgan fingerprint density at radius 2 is 2.40 bits per heavy atom. The smallest absolute Gasteiger partial charge is 0.0897 e. The van der Waals surface area contributed by atoms with Crippen molar-refractivity contribution in [3.63, 3.8) is 0 Å². The summed E-state index contributed by atoms with van der Waals surface area (Å²) in [6.07, 6.45) is 1.10. The molecule has 0 fully saturated rings. The molecule has 0 amide bonds. The highest BCUT2D eigenvalue weighted by Crippen LogP contribution is 2.10. The van der Waals surface area contributed by atoms with Crippen LogP contribution in [0.2, 0.25) is 0 Å². The van der Waals surface area contributed by atoms with Gasteiger partial charge in [0.15, 0.2) is 0 Å². The molecule has 2 N–H and O–H groups in total. The van der Waals surface area contributed by atoms with Crippen molar-refractivity contribution in [2.45, 2.75) is 26.8 Å². The Labute approximate surface area is 100 Å². The van der Waals surface area contributed by atoms with Gasteiger partial charge in [0.2, 0.25) is 0 Å². The van der Waals surface area contributed by atoms with Crippen LogP contribution in [-0.4, -0.2) is 28.0 Å². The topological polar surface area (TPSA) is 42.1 Å². The second-order valence-electron chi connectivity index (χ2n) is 3.53. The van der Waals surface area contributed by atoms with Crippen LogP contribution < -0.4 is 5.73 Å². The van der Waals surface area contributed by atoms with Crippen LogP contribution in [0.4, 0.5) is 0 Å². The minimum absolute atomic E-state index is 0.551. The molecular formula is C10H17N3S2. The van der Waals surface area contributed by atoms with Crippen molar-refractivity contribution in [2.75, 3.05) is 13.1 Å². The van der Waals surface area contributed by atoms with Gasteiger partial charge in [-0.2, -0.15) is 0 Å². The molecule has 84 valence electrons. The summed E-state index contributed by atoms with van der Waals surface area (Å²) in [5.74, 6) is 0. The van der Waals surface area contributed by atoms with E-state index >= 15 is 0 Å². The van der Waals surface area contributed by atoms with Gasteiger partial charge in [0.05, 0.1) is 15.7 Å². The maximum absolute atomic E-state index is 5.55. The second-order valence-corrected chi connectivity index (χ2v) is 5.12. The summed E-state index contributed by atoms with van der Waals surface area (Å²) in [6.45, 7) is 6.70. The highest BCUT2D eigenvalue weighted by atomic mass is 32.1. The zero-order valence-corrected chi connectivity index (χ0v) is 10.8. The second kappa shape index (κ2) is 6.15. The van der Waals surface area contributed by atoms with Crippen molar-refractivity contribution in [2.24, 2.45) is 5.73 Å². The highest BCUT2D eigenvalue weighted by Gasteiger charge is 2.08. The maximum atomic E-state index is 5.55. The van der Waals surface area contributed by atoms with E-state index in [1.165, 1.54) is 0 Å². The number of hydrogen-bond acceptors (Lipinski definition) is 4. The van der Waals surface area contributed by atoms with Crippen LogP contribution in [0.25, 0.3) is 0 Å². The minimum atomic E-state index is 0.551. The number of aromatic nitrogens is 1. The molecular weight excluding hydrogens is 226 g/mol. The Hall–Kier alpha value is -0.520. The predicted molar refractivity (Wildman–Crippen MR) is 69.2 cm³/mol. The quantitative estimate of drug-likeness (QED) is 0.776. The Kier molecular flexibility index (Phi) is 5.14. The Bertz CT molecular complexity index is 322. The zero-order chi connectivity index (χ0) is 11.3. The molecule has 0 aromatic carbocycles. The fraction of sp³-hybridized carbons (Fsp3) is 0.600. The lowest BCUT2D eigenvalue weighted by molar-refractivity contribution is 0.301. The average molecular weight is 243 g/mol. The van der Waals surface area contributed by atoms with Crippen molar-refractivity contribution in [3.8, 4) is 0 Å². The third kappa shape index (κ3) is 4.68.